The van der Waals surface area contributed by atoms with Crippen molar-refractivity contribution in [3.8, 4) is 5.75 Å². The number of nitrogens with one attached hydrogen (secondary N) is 1. The maximum absolute atomic E-state index is 5.71. The van der Waals surface area contributed by atoms with Crippen molar-refractivity contribution in [2.24, 2.45) is 0 Å². The van der Waals surface area contributed by atoms with Crippen molar-refractivity contribution in [1.29, 1.82) is 0 Å². The highest BCUT2D eigenvalue weighted by atomic mass is 16.5. The van der Waals surface area contributed by atoms with Gasteiger partial charge in [0.2, 0.25) is 0 Å². The first kappa shape index (κ1) is 15.8. The van der Waals surface area contributed by atoms with E-state index in [1.54, 1.807) is 0 Å². The van der Waals surface area contributed by atoms with Crippen LogP contribution in [0.1, 0.15) is 47.1 Å². The molecule has 1 aromatic carbocycles. The molecule has 0 saturated heterocycles. The van der Waals surface area contributed by atoms with E-state index in [2.05, 4.69) is 51.2 Å². The van der Waals surface area contributed by atoms with Gasteiger partial charge in [-0.25, -0.2) is 0 Å². The lowest BCUT2D eigenvalue weighted by Gasteiger charge is -2.20. The van der Waals surface area contributed by atoms with Crippen LogP contribution in [0.3, 0.4) is 0 Å². The van der Waals surface area contributed by atoms with Crippen LogP contribution in [0, 0.1) is 0 Å². The molecule has 19 heavy (non-hydrogen) atoms. The Balaban J connectivity index is 2.69. The first-order valence-corrected chi connectivity index (χ1v) is 6.95. The van der Waals surface area contributed by atoms with Crippen molar-refractivity contribution in [2.45, 2.75) is 53.2 Å². The second kappa shape index (κ2) is 6.76. The van der Waals surface area contributed by atoms with Crippen molar-refractivity contribution >= 4 is 6.08 Å². The second-order valence-electron chi connectivity index (χ2n) is 6.33. The summed E-state index contributed by atoms with van der Waals surface area (Å²) in [7, 11) is 0. The molecule has 0 aliphatic heterocycles. The van der Waals surface area contributed by atoms with Crippen molar-refractivity contribution in [2.75, 3.05) is 6.54 Å². The van der Waals surface area contributed by atoms with Crippen LogP contribution < -0.4 is 10.1 Å². The predicted octanol–water partition coefficient (Wildman–Crippen LogP) is 4.27. The Hall–Kier alpha value is -1.28. The van der Waals surface area contributed by atoms with Crippen LogP contribution in [0.2, 0.25) is 0 Å². The summed E-state index contributed by atoms with van der Waals surface area (Å²) in [5.74, 6) is 0.931. The Kier molecular flexibility index (Phi) is 5.61. The first-order chi connectivity index (χ1) is 8.76. The van der Waals surface area contributed by atoms with Crippen molar-refractivity contribution in [3.05, 3.63) is 35.4 Å². The maximum Gasteiger partial charge on any atom is 0.120 e. The van der Waals surface area contributed by atoms with Gasteiger partial charge in [-0.2, -0.15) is 0 Å². The summed E-state index contributed by atoms with van der Waals surface area (Å²) in [4.78, 5) is 0. The summed E-state index contributed by atoms with van der Waals surface area (Å²) in [5, 5.41) is 3.49. The molecule has 0 spiro atoms. The van der Waals surface area contributed by atoms with E-state index in [1.807, 2.05) is 26.0 Å². The molecular weight excluding hydrogens is 234 g/mol. The minimum Gasteiger partial charge on any atom is -0.491 e. The third kappa shape index (κ3) is 7.02. The third-order valence-electron chi connectivity index (χ3n) is 2.54. The molecule has 0 aliphatic carbocycles. The van der Waals surface area contributed by atoms with Crippen LogP contribution in [0.25, 0.3) is 6.08 Å². The average Bonchev–Trinajstić information content (AvgIpc) is 2.25. The molecule has 0 heterocycles. The van der Waals surface area contributed by atoms with E-state index in [9.17, 15) is 0 Å². The molecule has 1 rings (SSSR count). The van der Waals surface area contributed by atoms with Crippen molar-refractivity contribution in [3.63, 3.8) is 0 Å². The molecular formula is C17H27NO. The Morgan fingerprint density at radius 3 is 2.58 bits per heavy atom. The summed E-state index contributed by atoms with van der Waals surface area (Å²) in [6.45, 7) is 13.7. The molecule has 2 heteroatoms. The zero-order chi connectivity index (χ0) is 14.5. The number of ether oxygens (including phenoxy) is 1. The minimum absolute atomic E-state index is 0.150. The van der Waals surface area contributed by atoms with Gasteiger partial charge in [0.25, 0.3) is 0 Å². The molecule has 0 aliphatic rings. The summed E-state index contributed by atoms with van der Waals surface area (Å²) >= 11 is 0. The third-order valence-corrected chi connectivity index (χ3v) is 2.54. The summed E-state index contributed by atoms with van der Waals surface area (Å²) in [6.07, 6.45) is 2.41. The SMILES string of the molecule is CC(=Cc1cccc(OC(C)C)c1)CNC(C)(C)C. The quantitative estimate of drug-likeness (QED) is 0.855. The lowest BCUT2D eigenvalue weighted by molar-refractivity contribution is 0.242. The smallest absolute Gasteiger partial charge is 0.120 e. The van der Waals surface area contributed by atoms with Gasteiger partial charge in [0.15, 0.2) is 0 Å². The molecule has 0 unspecified atom stereocenters. The van der Waals surface area contributed by atoms with Crippen LogP contribution in [0.4, 0.5) is 0 Å². The highest BCUT2D eigenvalue weighted by Crippen LogP contribution is 2.17. The van der Waals surface area contributed by atoms with Gasteiger partial charge < -0.3 is 10.1 Å². The number of hydrogen-bond donors (Lipinski definition) is 1. The van der Waals surface area contributed by atoms with Gasteiger partial charge in [0.05, 0.1) is 6.10 Å². The van der Waals surface area contributed by atoms with Gasteiger partial charge in [0.1, 0.15) is 5.75 Å². The average molecular weight is 261 g/mol. The summed E-state index contributed by atoms with van der Waals surface area (Å²) in [6, 6.07) is 8.22. The minimum atomic E-state index is 0.150. The van der Waals surface area contributed by atoms with Gasteiger partial charge in [-0.3, -0.25) is 0 Å². The normalized spacial score (nSPS) is 12.9. The molecule has 0 atom stereocenters. The van der Waals surface area contributed by atoms with Gasteiger partial charge >= 0.3 is 0 Å². The molecule has 0 saturated carbocycles. The van der Waals surface area contributed by atoms with E-state index < -0.39 is 0 Å². The summed E-state index contributed by atoms with van der Waals surface area (Å²) < 4.78 is 5.71. The molecule has 1 aromatic rings. The van der Waals surface area contributed by atoms with Crippen LogP contribution in [-0.4, -0.2) is 18.2 Å². The standard InChI is InChI=1S/C17H27NO/c1-13(2)19-16-9-7-8-15(11-16)10-14(3)12-18-17(4,5)6/h7-11,13,18H,12H2,1-6H3. The number of benzene rings is 1. The topological polar surface area (TPSA) is 21.3 Å². The van der Waals surface area contributed by atoms with Crippen molar-refractivity contribution < 1.29 is 4.74 Å². The first-order valence-electron chi connectivity index (χ1n) is 6.95. The fraction of sp³-hybridized carbons (Fsp3) is 0.529. The monoisotopic (exact) mass is 261 g/mol. The molecule has 0 fully saturated rings. The fourth-order valence-corrected chi connectivity index (χ4v) is 1.69. The van der Waals surface area contributed by atoms with Crippen LogP contribution >= 0.6 is 0 Å². The van der Waals surface area contributed by atoms with E-state index in [0.29, 0.717) is 0 Å². The molecule has 0 aromatic heterocycles. The van der Waals surface area contributed by atoms with Crippen LogP contribution in [0.5, 0.6) is 5.75 Å². The van der Waals surface area contributed by atoms with E-state index in [-0.39, 0.29) is 11.6 Å². The van der Waals surface area contributed by atoms with Crippen LogP contribution in [-0.2, 0) is 0 Å². The predicted molar refractivity (Wildman–Crippen MR) is 83.6 cm³/mol. The number of rotatable bonds is 5. The maximum atomic E-state index is 5.71. The second-order valence-corrected chi connectivity index (χ2v) is 6.33. The van der Waals surface area contributed by atoms with Crippen molar-refractivity contribution in [1.82, 2.24) is 5.32 Å². The highest BCUT2D eigenvalue weighted by molar-refractivity contribution is 5.54. The molecule has 106 valence electrons. The lowest BCUT2D eigenvalue weighted by atomic mass is 10.1. The zero-order valence-electron chi connectivity index (χ0n) is 13.1. The molecule has 0 amide bonds. The van der Waals surface area contributed by atoms with E-state index >= 15 is 0 Å². The lowest BCUT2D eigenvalue weighted by Crippen LogP contribution is -2.36. The molecule has 0 radical (unpaired) electrons. The van der Waals surface area contributed by atoms with E-state index in [4.69, 9.17) is 4.74 Å². The van der Waals surface area contributed by atoms with E-state index in [0.717, 1.165) is 12.3 Å². The van der Waals surface area contributed by atoms with Gasteiger partial charge in [0, 0.05) is 12.1 Å². The number of hydrogen-bond acceptors (Lipinski definition) is 2. The Labute approximate surface area is 117 Å². The van der Waals surface area contributed by atoms with Crippen LogP contribution in [0.15, 0.2) is 29.8 Å². The Morgan fingerprint density at radius 2 is 2.00 bits per heavy atom. The van der Waals surface area contributed by atoms with Gasteiger partial charge in [-0.15, -0.1) is 0 Å². The van der Waals surface area contributed by atoms with Gasteiger partial charge in [-0.05, 0) is 59.2 Å². The Bertz CT molecular complexity index is 427. The molecule has 2 nitrogen and oxygen atoms in total. The summed E-state index contributed by atoms with van der Waals surface area (Å²) in [5.41, 5.74) is 2.65. The highest BCUT2D eigenvalue weighted by Gasteiger charge is 2.07. The van der Waals surface area contributed by atoms with E-state index in [1.165, 1.54) is 11.1 Å². The Morgan fingerprint density at radius 1 is 1.32 bits per heavy atom. The largest absolute Gasteiger partial charge is 0.491 e. The zero-order valence-corrected chi connectivity index (χ0v) is 13.1. The molecule has 0 bridgehead atoms. The molecule has 1 N–H and O–H groups in total. The van der Waals surface area contributed by atoms with Gasteiger partial charge in [-0.1, -0.05) is 23.8 Å². The fourth-order valence-electron chi connectivity index (χ4n) is 1.69.